The molecule has 0 radical (unpaired) electrons. The maximum atomic E-state index is 12.8. The predicted octanol–water partition coefficient (Wildman–Crippen LogP) is 4.77. The van der Waals surface area contributed by atoms with Crippen LogP contribution in [0.1, 0.15) is 67.4 Å². The number of nitrogens with zero attached hydrogens (tertiary/aromatic N) is 2. The van der Waals surface area contributed by atoms with Crippen molar-refractivity contribution in [2.24, 2.45) is 5.92 Å². The molecule has 4 atom stereocenters. The van der Waals surface area contributed by atoms with Crippen molar-refractivity contribution in [2.45, 2.75) is 64.4 Å². The SMILES string of the molecule is CCNC(=O)NCc1ccc([C@@H]2O[C@H](CN3CCC(n4c(=O)[nH]c5ccccc54)CC3)[C@H](C)[C@H](c3ccc(CO)cc3)O2)cc1. The minimum atomic E-state index is -0.554. The van der Waals surface area contributed by atoms with Crippen molar-refractivity contribution in [3.63, 3.8) is 0 Å². The summed E-state index contributed by atoms with van der Waals surface area (Å²) >= 11 is 0. The van der Waals surface area contributed by atoms with Gasteiger partial charge >= 0.3 is 11.7 Å². The zero-order chi connectivity index (χ0) is 31.3. The molecule has 2 fully saturated rings. The number of fused-ring (bicyclic) bond motifs is 1. The highest BCUT2D eigenvalue weighted by Crippen LogP contribution is 2.42. The van der Waals surface area contributed by atoms with Crippen molar-refractivity contribution in [1.29, 1.82) is 0 Å². The molecule has 10 heteroatoms. The largest absolute Gasteiger partial charge is 0.392 e. The number of imidazole rings is 1. The second-order valence-corrected chi connectivity index (χ2v) is 12.1. The van der Waals surface area contributed by atoms with Gasteiger partial charge in [0, 0.05) is 50.2 Å². The summed E-state index contributed by atoms with van der Waals surface area (Å²) in [6, 6.07) is 23.8. The van der Waals surface area contributed by atoms with Gasteiger partial charge in [0.15, 0.2) is 6.29 Å². The molecule has 3 heterocycles. The number of aromatic nitrogens is 2. The van der Waals surface area contributed by atoms with Crippen molar-refractivity contribution < 1.29 is 19.4 Å². The van der Waals surface area contributed by atoms with Crippen LogP contribution in [0.5, 0.6) is 0 Å². The maximum Gasteiger partial charge on any atom is 0.326 e. The number of benzene rings is 3. The Balaban J connectivity index is 1.16. The predicted molar refractivity (Wildman–Crippen MR) is 173 cm³/mol. The van der Waals surface area contributed by atoms with Crippen LogP contribution >= 0.6 is 0 Å². The number of nitrogens with one attached hydrogen (secondary N) is 3. The molecule has 0 bridgehead atoms. The number of aromatic amines is 1. The maximum absolute atomic E-state index is 12.8. The summed E-state index contributed by atoms with van der Waals surface area (Å²) in [6.07, 6.45) is 0.948. The molecule has 45 heavy (non-hydrogen) atoms. The summed E-state index contributed by atoms with van der Waals surface area (Å²) in [5, 5.41) is 15.2. The van der Waals surface area contributed by atoms with E-state index in [-0.39, 0.29) is 42.5 Å². The summed E-state index contributed by atoms with van der Waals surface area (Å²) in [7, 11) is 0. The first-order chi connectivity index (χ1) is 21.9. The van der Waals surface area contributed by atoms with Gasteiger partial charge < -0.3 is 35.1 Å². The van der Waals surface area contributed by atoms with Crippen LogP contribution in [-0.4, -0.2) is 57.9 Å². The third kappa shape index (κ3) is 6.99. The first-order valence-electron chi connectivity index (χ1n) is 16.0. The van der Waals surface area contributed by atoms with Gasteiger partial charge in [-0.1, -0.05) is 67.6 Å². The molecular weight excluding hydrogens is 570 g/mol. The number of carbonyl (C=O) groups excluding carboxylic acids is 1. The number of H-pyrrole nitrogens is 1. The van der Waals surface area contributed by atoms with Crippen molar-refractivity contribution >= 4 is 17.1 Å². The molecule has 3 aromatic carbocycles. The van der Waals surface area contributed by atoms with Gasteiger partial charge in [0.1, 0.15) is 0 Å². The van der Waals surface area contributed by atoms with E-state index in [2.05, 4.69) is 27.4 Å². The Labute approximate surface area is 263 Å². The van der Waals surface area contributed by atoms with E-state index in [0.717, 1.165) is 65.8 Å². The third-order valence-corrected chi connectivity index (χ3v) is 9.15. The zero-order valence-electron chi connectivity index (χ0n) is 25.9. The fourth-order valence-corrected chi connectivity index (χ4v) is 6.58. The number of hydrogen-bond donors (Lipinski definition) is 4. The Kier molecular flexibility index (Phi) is 9.65. The Morgan fingerprint density at radius 1 is 0.933 bits per heavy atom. The smallest absolute Gasteiger partial charge is 0.326 e. The van der Waals surface area contributed by atoms with Crippen molar-refractivity contribution in [3.8, 4) is 0 Å². The van der Waals surface area contributed by atoms with Crippen LogP contribution < -0.4 is 16.3 Å². The van der Waals surface area contributed by atoms with Gasteiger partial charge in [0.05, 0.1) is 29.8 Å². The van der Waals surface area contributed by atoms with Gasteiger partial charge in [-0.25, -0.2) is 9.59 Å². The van der Waals surface area contributed by atoms with Crippen LogP contribution in [0.2, 0.25) is 0 Å². The van der Waals surface area contributed by atoms with E-state index in [1.807, 2.05) is 84.3 Å². The number of aliphatic hydroxyl groups excluding tert-OH is 1. The van der Waals surface area contributed by atoms with Gasteiger partial charge in [-0.15, -0.1) is 0 Å². The van der Waals surface area contributed by atoms with Gasteiger partial charge in [-0.05, 0) is 48.6 Å². The fourth-order valence-electron chi connectivity index (χ4n) is 6.58. The third-order valence-electron chi connectivity index (χ3n) is 9.15. The molecule has 0 saturated carbocycles. The zero-order valence-corrected chi connectivity index (χ0v) is 25.9. The Morgan fingerprint density at radius 3 is 2.33 bits per heavy atom. The summed E-state index contributed by atoms with van der Waals surface area (Å²) < 4.78 is 15.2. The number of carbonyl (C=O) groups is 1. The lowest BCUT2D eigenvalue weighted by Gasteiger charge is -2.44. The quantitative estimate of drug-likeness (QED) is 0.216. The van der Waals surface area contributed by atoms with Crippen LogP contribution in [-0.2, 0) is 22.6 Å². The number of urea groups is 1. The molecule has 10 nitrogen and oxygen atoms in total. The number of hydrogen-bond acceptors (Lipinski definition) is 6. The lowest BCUT2D eigenvalue weighted by molar-refractivity contribution is -0.276. The van der Waals surface area contributed by atoms with Crippen LogP contribution in [0.3, 0.4) is 0 Å². The van der Waals surface area contributed by atoms with Gasteiger partial charge in [0.2, 0.25) is 0 Å². The molecule has 238 valence electrons. The summed E-state index contributed by atoms with van der Waals surface area (Å²) in [5.41, 5.74) is 5.62. The van der Waals surface area contributed by atoms with Gasteiger partial charge in [0.25, 0.3) is 0 Å². The van der Waals surface area contributed by atoms with Crippen LogP contribution in [0.15, 0.2) is 77.6 Å². The molecule has 2 amide bonds. The lowest BCUT2D eigenvalue weighted by Crippen LogP contribution is -2.47. The van der Waals surface area contributed by atoms with Gasteiger partial charge in [-0.2, -0.15) is 0 Å². The molecule has 4 N–H and O–H groups in total. The van der Waals surface area contributed by atoms with Gasteiger partial charge in [-0.3, -0.25) is 4.57 Å². The minimum Gasteiger partial charge on any atom is -0.392 e. The first-order valence-corrected chi connectivity index (χ1v) is 16.0. The second kappa shape index (κ2) is 14.0. The monoisotopic (exact) mass is 613 g/mol. The highest BCUT2D eigenvalue weighted by Gasteiger charge is 2.39. The highest BCUT2D eigenvalue weighted by molar-refractivity contribution is 5.75. The number of likely N-dealkylation sites (tertiary alicyclic amines) is 1. The molecule has 1 aromatic heterocycles. The topological polar surface area (TPSA) is 121 Å². The number of piperidine rings is 1. The van der Waals surface area contributed by atoms with Crippen molar-refractivity contribution in [2.75, 3.05) is 26.2 Å². The van der Waals surface area contributed by atoms with Crippen LogP contribution in [0.25, 0.3) is 11.0 Å². The van der Waals surface area contributed by atoms with E-state index < -0.39 is 6.29 Å². The Hall–Kier alpha value is -3.96. The average molecular weight is 614 g/mol. The van der Waals surface area contributed by atoms with Crippen LogP contribution in [0, 0.1) is 5.92 Å². The number of amides is 2. The molecule has 4 aromatic rings. The summed E-state index contributed by atoms with van der Waals surface area (Å²) in [4.78, 5) is 30.1. The number of aliphatic hydroxyl groups is 1. The molecule has 0 spiro atoms. The van der Waals surface area contributed by atoms with E-state index >= 15 is 0 Å². The van der Waals surface area contributed by atoms with E-state index in [0.29, 0.717) is 13.1 Å². The van der Waals surface area contributed by atoms with E-state index in [4.69, 9.17) is 9.47 Å². The van der Waals surface area contributed by atoms with E-state index in [1.54, 1.807) is 0 Å². The molecule has 2 saturated heterocycles. The molecule has 2 aliphatic rings. The fraction of sp³-hybridized carbons (Fsp3) is 0.429. The number of ether oxygens (including phenoxy) is 2. The van der Waals surface area contributed by atoms with Crippen molar-refractivity contribution in [3.05, 3.63) is 106 Å². The number of para-hydroxylation sites is 2. The second-order valence-electron chi connectivity index (χ2n) is 12.1. The molecule has 6 rings (SSSR count). The Bertz CT molecular complexity index is 1620. The summed E-state index contributed by atoms with van der Waals surface area (Å²) in [6.45, 7) is 7.57. The summed E-state index contributed by atoms with van der Waals surface area (Å²) in [5.74, 6) is 0.0794. The number of rotatable bonds is 9. The molecule has 0 unspecified atom stereocenters. The average Bonchev–Trinajstić information content (AvgIpc) is 3.41. The van der Waals surface area contributed by atoms with Crippen molar-refractivity contribution in [1.82, 2.24) is 25.1 Å². The standard InChI is InChI=1S/C35H43N5O5/c1-3-36-34(42)37-20-24-8-14-27(15-9-24)33-44-31(23(2)32(45-33)26-12-10-25(22-41)11-13-26)21-39-18-16-28(17-19-39)40-30-7-5-4-6-29(30)38-35(40)43/h4-15,23,28,31-33,41H,3,16-22H2,1-2H3,(H,38,43)(H2,36,37,42)/t23-,31+,32+,33+/m0/s1. The normalized spacial score (nSPS) is 22.8. The molecular formula is C35H43N5O5. The lowest BCUT2D eigenvalue weighted by atomic mass is 9.89. The highest BCUT2D eigenvalue weighted by atomic mass is 16.7. The van der Waals surface area contributed by atoms with E-state index in [9.17, 15) is 14.7 Å². The Morgan fingerprint density at radius 2 is 1.62 bits per heavy atom. The molecule has 2 aliphatic heterocycles. The van der Waals surface area contributed by atoms with Crippen LogP contribution in [0.4, 0.5) is 4.79 Å². The molecule has 0 aliphatic carbocycles. The first kappa shape index (κ1) is 31.0. The minimum absolute atomic E-state index is 0.00233. The van der Waals surface area contributed by atoms with E-state index in [1.165, 1.54) is 0 Å².